The van der Waals surface area contributed by atoms with Crippen LogP contribution in [0.5, 0.6) is 0 Å². The Balaban J connectivity index is 1.24. The minimum Gasteiger partial charge on any atom is -0.447 e. The zero-order valence-corrected chi connectivity index (χ0v) is 20.8. The van der Waals surface area contributed by atoms with Crippen LogP contribution in [-0.2, 0) is 15.7 Å². The van der Waals surface area contributed by atoms with Crippen LogP contribution in [0.25, 0.3) is 0 Å². The number of hydrogen-bond donors (Lipinski definition) is 2. The molecule has 3 aliphatic heterocycles. The molecular weight excluding hydrogens is 483 g/mol. The Bertz CT molecular complexity index is 1060. The van der Waals surface area contributed by atoms with E-state index in [9.17, 15) is 18.0 Å². The number of carbonyl (C=O) groups excluding carboxylic acids is 1. The smallest absolute Gasteiger partial charge is 0.416 e. The number of benzene rings is 2. The molecule has 0 aliphatic carbocycles. The number of halogens is 3. The van der Waals surface area contributed by atoms with Crippen LogP contribution in [0.4, 0.5) is 23.7 Å². The maximum Gasteiger partial charge on any atom is 0.416 e. The lowest BCUT2D eigenvalue weighted by atomic mass is 9.76. The predicted octanol–water partition coefficient (Wildman–Crippen LogP) is 5.92. The molecule has 37 heavy (non-hydrogen) atoms. The first kappa shape index (κ1) is 25.9. The van der Waals surface area contributed by atoms with Gasteiger partial charge in [-0.3, -0.25) is 0 Å². The van der Waals surface area contributed by atoms with Crippen molar-refractivity contribution in [1.29, 1.82) is 0 Å². The molecule has 2 saturated heterocycles. The summed E-state index contributed by atoms with van der Waals surface area (Å²) in [6.45, 7) is 3.51. The third-order valence-corrected chi connectivity index (χ3v) is 7.68. The fourth-order valence-electron chi connectivity index (χ4n) is 5.76. The highest BCUT2D eigenvalue weighted by Crippen LogP contribution is 2.51. The zero-order valence-electron chi connectivity index (χ0n) is 20.8. The first-order valence-electron chi connectivity index (χ1n) is 13.2. The van der Waals surface area contributed by atoms with Crippen molar-refractivity contribution in [2.75, 3.05) is 38.1 Å². The predicted molar refractivity (Wildman–Crippen MR) is 134 cm³/mol. The molecule has 0 saturated carbocycles. The Morgan fingerprint density at radius 2 is 1.86 bits per heavy atom. The van der Waals surface area contributed by atoms with Gasteiger partial charge in [0.2, 0.25) is 0 Å². The van der Waals surface area contributed by atoms with Gasteiger partial charge in [0.25, 0.3) is 0 Å². The number of likely N-dealkylation sites (tertiary alicyclic amines) is 1. The van der Waals surface area contributed by atoms with Crippen LogP contribution in [-0.4, -0.2) is 49.9 Å². The van der Waals surface area contributed by atoms with Gasteiger partial charge in [-0.1, -0.05) is 36.8 Å². The van der Waals surface area contributed by atoms with E-state index >= 15 is 0 Å². The topological polar surface area (TPSA) is 62.8 Å². The number of carbonyl (C=O) groups is 1. The maximum absolute atomic E-state index is 13.5. The molecule has 2 fully saturated rings. The molecule has 0 spiro atoms. The van der Waals surface area contributed by atoms with Gasteiger partial charge in [0.05, 0.1) is 23.8 Å². The summed E-state index contributed by atoms with van der Waals surface area (Å²) in [6, 6.07) is 13.6. The standard InChI is InChI=1S/C28H34F3N3O3/c29-28(30,31)20-9-12-24-23(17-20)26-22(25(33-24)19-7-3-1-4-8-19)11-10-21(37-26)18-36-27(35)32-13-16-34-14-5-2-6-15-34/h1,3-4,7-9,12,17,21-22,25-26,33H,2,5-6,10-11,13-16,18H2,(H,32,35)/t21-,22+,25+,26+/m1/s1. The van der Waals surface area contributed by atoms with Crippen LogP contribution in [0.15, 0.2) is 48.5 Å². The molecule has 0 unspecified atom stereocenters. The van der Waals surface area contributed by atoms with Crippen molar-refractivity contribution in [1.82, 2.24) is 10.2 Å². The van der Waals surface area contributed by atoms with Crippen molar-refractivity contribution in [2.45, 2.75) is 56.5 Å². The monoisotopic (exact) mass is 517 g/mol. The van der Waals surface area contributed by atoms with Crippen LogP contribution < -0.4 is 10.6 Å². The van der Waals surface area contributed by atoms with E-state index in [4.69, 9.17) is 9.47 Å². The molecule has 0 radical (unpaired) electrons. The van der Waals surface area contributed by atoms with E-state index < -0.39 is 23.9 Å². The Labute approximate surface area is 215 Å². The molecule has 3 aliphatic rings. The molecule has 9 heteroatoms. The summed E-state index contributed by atoms with van der Waals surface area (Å²) in [5, 5.41) is 6.26. The molecule has 2 aromatic rings. The van der Waals surface area contributed by atoms with Gasteiger partial charge in [-0.05, 0) is 62.5 Å². The first-order valence-corrected chi connectivity index (χ1v) is 13.2. The fraction of sp³-hybridized carbons (Fsp3) is 0.536. The minimum atomic E-state index is -4.44. The highest BCUT2D eigenvalue weighted by molar-refractivity contribution is 5.67. The molecule has 0 bridgehead atoms. The van der Waals surface area contributed by atoms with Gasteiger partial charge in [0.1, 0.15) is 6.61 Å². The van der Waals surface area contributed by atoms with Gasteiger partial charge >= 0.3 is 12.3 Å². The van der Waals surface area contributed by atoms with E-state index in [2.05, 4.69) is 15.5 Å². The SMILES string of the molecule is O=C(NCCN1CCCCC1)OC[C@H]1CC[C@@H]2[C@H](O1)c1cc(C(F)(F)F)ccc1N[C@H]2c1ccccc1. The van der Waals surface area contributed by atoms with E-state index in [0.29, 0.717) is 24.2 Å². The Morgan fingerprint density at radius 3 is 2.62 bits per heavy atom. The summed E-state index contributed by atoms with van der Waals surface area (Å²) in [4.78, 5) is 14.6. The second-order valence-electron chi connectivity index (χ2n) is 10.2. The third-order valence-electron chi connectivity index (χ3n) is 7.68. The molecule has 2 aromatic carbocycles. The highest BCUT2D eigenvalue weighted by Gasteiger charge is 2.43. The van der Waals surface area contributed by atoms with Gasteiger partial charge in [-0.15, -0.1) is 0 Å². The van der Waals surface area contributed by atoms with Crippen LogP contribution in [0.3, 0.4) is 0 Å². The van der Waals surface area contributed by atoms with E-state index in [0.717, 1.165) is 37.7 Å². The summed E-state index contributed by atoms with van der Waals surface area (Å²) in [5.74, 6) is -0.0481. The largest absolute Gasteiger partial charge is 0.447 e. The van der Waals surface area contributed by atoms with Crippen LogP contribution in [0.1, 0.15) is 60.9 Å². The molecule has 0 aromatic heterocycles. The lowest BCUT2D eigenvalue weighted by Gasteiger charge is -2.45. The quantitative estimate of drug-likeness (QED) is 0.498. The van der Waals surface area contributed by atoms with Crippen LogP contribution in [0.2, 0.25) is 0 Å². The van der Waals surface area contributed by atoms with E-state index in [1.54, 1.807) is 0 Å². The number of alkyl halides is 3. The normalized spacial score (nSPS) is 25.9. The molecule has 6 nitrogen and oxygen atoms in total. The molecular formula is C28H34F3N3O3. The highest BCUT2D eigenvalue weighted by atomic mass is 19.4. The van der Waals surface area contributed by atoms with Crippen molar-refractivity contribution < 1.29 is 27.4 Å². The van der Waals surface area contributed by atoms with Gasteiger partial charge in [-0.25, -0.2) is 4.79 Å². The van der Waals surface area contributed by atoms with Gasteiger partial charge < -0.3 is 25.0 Å². The summed E-state index contributed by atoms with van der Waals surface area (Å²) in [5.41, 5.74) is 1.51. The Kier molecular flexibility index (Phi) is 7.90. The summed E-state index contributed by atoms with van der Waals surface area (Å²) in [7, 11) is 0. The third kappa shape index (κ3) is 6.21. The molecule has 1 amide bonds. The minimum absolute atomic E-state index is 0.0481. The molecule has 4 atom stereocenters. The molecule has 5 rings (SSSR count). The zero-order chi connectivity index (χ0) is 25.8. The lowest BCUT2D eigenvalue weighted by Crippen LogP contribution is -2.41. The van der Waals surface area contributed by atoms with Crippen molar-refractivity contribution in [3.05, 3.63) is 65.2 Å². The van der Waals surface area contributed by atoms with E-state index in [1.165, 1.54) is 31.4 Å². The van der Waals surface area contributed by atoms with Crippen molar-refractivity contribution in [2.24, 2.45) is 5.92 Å². The number of alkyl carbamates (subject to hydrolysis) is 1. The van der Waals surface area contributed by atoms with Gasteiger partial charge in [-0.2, -0.15) is 13.2 Å². The number of nitrogens with one attached hydrogen (secondary N) is 2. The van der Waals surface area contributed by atoms with Crippen LogP contribution >= 0.6 is 0 Å². The number of hydrogen-bond acceptors (Lipinski definition) is 5. The first-order chi connectivity index (χ1) is 17.9. The maximum atomic E-state index is 13.5. The van der Waals surface area contributed by atoms with E-state index in [1.807, 2.05) is 30.3 Å². The van der Waals surface area contributed by atoms with E-state index in [-0.39, 0.29) is 24.7 Å². The molecule has 3 heterocycles. The summed E-state index contributed by atoms with van der Waals surface area (Å²) < 4.78 is 52.3. The number of anilines is 1. The van der Waals surface area contributed by atoms with Crippen molar-refractivity contribution in [3.63, 3.8) is 0 Å². The summed E-state index contributed by atoms with van der Waals surface area (Å²) >= 11 is 0. The number of ether oxygens (including phenoxy) is 2. The number of fused-ring (bicyclic) bond motifs is 3. The second-order valence-corrected chi connectivity index (χ2v) is 10.2. The second kappa shape index (κ2) is 11.3. The van der Waals surface area contributed by atoms with Crippen molar-refractivity contribution >= 4 is 11.8 Å². The number of amides is 1. The Morgan fingerprint density at radius 1 is 1.08 bits per heavy atom. The number of rotatable bonds is 6. The average molecular weight is 518 g/mol. The van der Waals surface area contributed by atoms with Crippen LogP contribution in [0, 0.1) is 5.92 Å². The van der Waals surface area contributed by atoms with Crippen molar-refractivity contribution in [3.8, 4) is 0 Å². The fourth-order valence-corrected chi connectivity index (χ4v) is 5.76. The lowest BCUT2D eigenvalue weighted by molar-refractivity contribution is -0.138. The Hall–Kier alpha value is -2.78. The summed E-state index contributed by atoms with van der Waals surface area (Å²) in [6.07, 6.45) is -0.808. The van der Waals surface area contributed by atoms with Gasteiger partial charge in [0, 0.05) is 30.3 Å². The number of piperidine rings is 1. The number of nitrogens with zero attached hydrogens (tertiary/aromatic N) is 1. The average Bonchev–Trinajstić information content (AvgIpc) is 2.91. The molecule has 200 valence electrons. The molecule has 2 N–H and O–H groups in total. The van der Waals surface area contributed by atoms with Gasteiger partial charge in [0.15, 0.2) is 0 Å².